The quantitative estimate of drug-likeness (QED) is 0.355. The monoisotopic (exact) mass is 250 g/mol. The van der Waals surface area contributed by atoms with E-state index in [0.717, 1.165) is 11.9 Å². The maximum atomic E-state index is 11.3. The number of carboxylic acid groups (broad SMARTS) is 1. The molecule has 0 radical (unpaired) electrons. The fraction of sp³-hybridized carbons (Fsp3) is 0.250. The number of carboxylic acids is 1. The fourth-order valence-corrected chi connectivity index (χ4v) is 1.19. The Bertz CT molecular complexity index is 483. The van der Waals surface area contributed by atoms with Crippen LogP contribution in [0.4, 0.5) is 5.82 Å². The Morgan fingerprint density at radius 1 is 1.50 bits per heavy atom. The van der Waals surface area contributed by atoms with Crippen LogP contribution < -0.4 is 5.32 Å². The summed E-state index contributed by atoms with van der Waals surface area (Å²) in [5, 5.41) is 11.5. The van der Waals surface area contributed by atoms with E-state index in [0.29, 0.717) is 5.82 Å². The zero-order chi connectivity index (χ0) is 13.5. The van der Waals surface area contributed by atoms with Crippen molar-refractivity contribution >= 4 is 17.8 Å². The number of carbonyl (C=O) groups excluding carboxylic acids is 1. The lowest BCUT2D eigenvalue weighted by Gasteiger charge is -2.04. The van der Waals surface area contributed by atoms with E-state index in [1.165, 1.54) is 0 Å². The lowest BCUT2D eigenvalue weighted by molar-refractivity contribution is -0.143. The molecule has 1 aromatic heterocycles. The van der Waals surface area contributed by atoms with Gasteiger partial charge in [-0.25, -0.2) is 14.6 Å². The highest BCUT2D eigenvalue weighted by molar-refractivity contribution is 6.13. The maximum absolute atomic E-state index is 11.3. The minimum atomic E-state index is -1.35. The first-order valence-electron chi connectivity index (χ1n) is 5.35. The van der Waals surface area contributed by atoms with Gasteiger partial charge in [-0.1, -0.05) is 6.07 Å². The predicted molar refractivity (Wildman–Crippen MR) is 64.9 cm³/mol. The minimum absolute atomic E-state index is 0.117. The van der Waals surface area contributed by atoms with Gasteiger partial charge in [0.15, 0.2) is 5.57 Å². The number of nitrogens with one attached hydrogen (secondary N) is 1. The lowest BCUT2D eigenvalue weighted by Crippen LogP contribution is -2.16. The molecule has 1 rings (SSSR count). The van der Waals surface area contributed by atoms with Gasteiger partial charge in [0.2, 0.25) is 0 Å². The molecule has 0 aromatic carbocycles. The number of aliphatic carboxylic acids is 1. The van der Waals surface area contributed by atoms with Crippen LogP contribution in [0.3, 0.4) is 0 Å². The number of aryl methyl sites for hydroxylation is 1. The summed E-state index contributed by atoms with van der Waals surface area (Å²) in [5.74, 6) is -1.78. The topological polar surface area (TPSA) is 88.5 Å². The molecule has 0 aliphatic carbocycles. The summed E-state index contributed by atoms with van der Waals surface area (Å²) >= 11 is 0. The molecule has 0 aliphatic rings. The molecule has 0 spiro atoms. The highest BCUT2D eigenvalue weighted by atomic mass is 16.5. The summed E-state index contributed by atoms with van der Waals surface area (Å²) in [7, 11) is 0. The van der Waals surface area contributed by atoms with Gasteiger partial charge >= 0.3 is 11.9 Å². The summed E-state index contributed by atoms with van der Waals surface area (Å²) in [6, 6.07) is 5.23. The SMILES string of the molecule is CCOC(=O)C(=CNc1cccc(C)n1)C(=O)O. The summed E-state index contributed by atoms with van der Waals surface area (Å²) in [6.07, 6.45) is 1.07. The Kier molecular flexibility index (Phi) is 4.86. The van der Waals surface area contributed by atoms with E-state index < -0.39 is 17.5 Å². The van der Waals surface area contributed by atoms with Crippen molar-refractivity contribution in [3.8, 4) is 0 Å². The van der Waals surface area contributed by atoms with Crippen molar-refractivity contribution in [1.82, 2.24) is 4.98 Å². The number of hydrogen-bond donors (Lipinski definition) is 2. The average molecular weight is 250 g/mol. The first-order chi connectivity index (χ1) is 8.54. The second-order valence-corrected chi connectivity index (χ2v) is 3.39. The molecular formula is C12H14N2O4. The highest BCUT2D eigenvalue weighted by Crippen LogP contribution is 2.06. The van der Waals surface area contributed by atoms with Gasteiger partial charge in [0.1, 0.15) is 5.82 Å². The maximum Gasteiger partial charge on any atom is 0.347 e. The van der Waals surface area contributed by atoms with Crippen LogP contribution in [0.15, 0.2) is 30.0 Å². The van der Waals surface area contributed by atoms with Gasteiger partial charge in [-0.2, -0.15) is 0 Å². The third-order valence-corrected chi connectivity index (χ3v) is 1.98. The zero-order valence-electron chi connectivity index (χ0n) is 10.1. The fourth-order valence-electron chi connectivity index (χ4n) is 1.19. The van der Waals surface area contributed by atoms with Gasteiger partial charge in [-0.15, -0.1) is 0 Å². The van der Waals surface area contributed by atoms with Crippen LogP contribution in [0.5, 0.6) is 0 Å². The Morgan fingerprint density at radius 2 is 2.22 bits per heavy atom. The minimum Gasteiger partial charge on any atom is -0.477 e. The molecule has 0 atom stereocenters. The van der Waals surface area contributed by atoms with Crippen LogP contribution in [-0.4, -0.2) is 28.6 Å². The van der Waals surface area contributed by atoms with Crippen LogP contribution in [0.25, 0.3) is 0 Å². The zero-order valence-corrected chi connectivity index (χ0v) is 10.1. The Balaban J connectivity index is 2.84. The predicted octanol–water partition coefficient (Wildman–Crippen LogP) is 1.33. The van der Waals surface area contributed by atoms with E-state index >= 15 is 0 Å². The number of ether oxygens (including phenoxy) is 1. The van der Waals surface area contributed by atoms with Crippen molar-refractivity contribution in [1.29, 1.82) is 0 Å². The Hall–Kier alpha value is -2.37. The Labute approximate surface area is 104 Å². The van der Waals surface area contributed by atoms with Crippen LogP contribution >= 0.6 is 0 Å². The summed E-state index contributed by atoms with van der Waals surface area (Å²) in [5.41, 5.74) is 0.307. The first-order valence-corrected chi connectivity index (χ1v) is 5.35. The lowest BCUT2D eigenvalue weighted by atomic mass is 10.3. The van der Waals surface area contributed by atoms with Crippen molar-refractivity contribution in [2.75, 3.05) is 11.9 Å². The molecule has 0 unspecified atom stereocenters. The summed E-state index contributed by atoms with van der Waals surface area (Å²) < 4.78 is 4.63. The number of anilines is 1. The van der Waals surface area contributed by atoms with Gasteiger partial charge in [0, 0.05) is 11.9 Å². The van der Waals surface area contributed by atoms with E-state index in [2.05, 4.69) is 15.0 Å². The second-order valence-electron chi connectivity index (χ2n) is 3.39. The van der Waals surface area contributed by atoms with Gasteiger partial charge in [-0.3, -0.25) is 0 Å². The number of aromatic nitrogens is 1. The molecule has 96 valence electrons. The van der Waals surface area contributed by atoms with Crippen LogP contribution in [0.2, 0.25) is 0 Å². The van der Waals surface area contributed by atoms with Gasteiger partial charge < -0.3 is 15.2 Å². The molecule has 1 aromatic rings. The number of esters is 1. The molecule has 6 heteroatoms. The number of pyridine rings is 1. The molecule has 0 amide bonds. The average Bonchev–Trinajstić information content (AvgIpc) is 2.29. The smallest absolute Gasteiger partial charge is 0.347 e. The van der Waals surface area contributed by atoms with Crippen LogP contribution in [-0.2, 0) is 14.3 Å². The molecule has 6 nitrogen and oxygen atoms in total. The van der Waals surface area contributed by atoms with Crippen molar-refractivity contribution in [2.45, 2.75) is 13.8 Å². The van der Waals surface area contributed by atoms with Gasteiger partial charge in [-0.05, 0) is 26.0 Å². The molecule has 0 saturated heterocycles. The largest absolute Gasteiger partial charge is 0.477 e. The van der Waals surface area contributed by atoms with E-state index in [9.17, 15) is 9.59 Å². The molecule has 0 saturated carbocycles. The third kappa shape index (κ3) is 3.89. The van der Waals surface area contributed by atoms with E-state index in [4.69, 9.17) is 5.11 Å². The standard InChI is InChI=1S/C12H14N2O4/c1-3-18-12(17)9(11(15)16)7-13-10-6-4-5-8(2)14-10/h4-7H,3H2,1-2H3,(H,13,14)(H,15,16). The molecule has 2 N–H and O–H groups in total. The molecule has 1 heterocycles. The summed E-state index contributed by atoms with van der Waals surface area (Å²) in [4.78, 5) is 26.3. The number of carbonyl (C=O) groups is 2. The second kappa shape index (κ2) is 6.39. The van der Waals surface area contributed by atoms with Crippen molar-refractivity contribution in [3.63, 3.8) is 0 Å². The van der Waals surface area contributed by atoms with E-state index in [-0.39, 0.29) is 6.61 Å². The third-order valence-electron chi connectivity index (χ3n) is 1.98. The van der Waals surface area contributed by atoms with E-state index in [1.807, 2.05) is 0 Å². The van der Waals surface area contributed by atoms with Gasteiger partial charge in [0.25, 0.3) is 0 Å². The van der Waals surface area contributed by atoms with Crippen molar-refractivity contribution in [2.24, 2.45) is 0 Å². The normalized spacial score (nSPS) is 10.9. The highest BCUT2D eigenvalue weighted by Gasteiger charge is 2.18. The van der Waals surface area contributed by atoms with Crippen molar-refractivity contribution in [3.05, 3.63) is 35.7 Å². The van der Waals surface area contributed by atoms with Gasteiger partial charge in [0.05, 0.1) is 6.61 Å². The first kappa shape index (κ1) is 13.7. The molecular weight excluding hydrogens is 236 g/mol. The molecule has 0 fully saturated rings. The number of hydrogen-bond acceptors (Lipinski definition) is 5. The molecule has 0 bridgehead atoms. The van der Waals surface area contributed by atoms with Crippen LogP contribution in [0, 0.1) is 6.92 Å². The summed E-state index contributed by atoms with van der Waals surface area (Å²) in [6.45, 7) is 3.53. The number of rotatable bonds is 5. The van der Waals surface area contributed by atoms with Crippen molar-refractivity contribution < 1.29 is 19.4 Å². The molecule has 0 aliphatic heterocycles. The van der Waals surface area contributed by atoms with Crippen LogP contribution in [0.1, 0.15) is 12.6 Å². The van der Waals surface area contributed by atoms with E-state index in [1.54, 1.807) is 32.0 Å². The number of nitrogens with zero attached hydrogens (tertiary/aromatic N) is 1. The Morgan fingerprint density at radius 3 is 2.78 bits per heavy atom. The molecule has 18 heavy (non-hydrogen) atoms.